The number of aromatic nitrogens is 3. The summed E-state index contributed by atoms with van der Waals surface area (Å²) in [6.45, 7) is 1.52. The number of aliphatic carboxylic acids is 1. The maximum absolute atomic E-state index is 10.7. The fourth-order valence-corrected chi connectivity index (χ4v) is 1.34. The van der Waals surface area contributed by atoms with Gasteiger partial charge in [-0.2, -0.15) is 15.0 Å². The van der Waals surface area contributed by atoms with Crippen molar-refractivity contribution in [1.29, 1.82) is 0 Å². The fourth-order valence-electron chi connectivity index (χ4n) is 1.18. The van der Waals surface area contributed by atoms with Crippen molar-refractivity contribution in [2.45, 2.75) is 13.0 Å². The van der Waals surface area contributed by atoms with E-state index >= 15 is 0 Å². The summed E-state index contributed by atoms with van der Waals surface area (Å²) >= 11 is 5.78. The first-order valence-electron chi connectivity index (χ1n) is 4.33. The molecule has 0 aliphatic heterocycles. The highest BCUT2D eigenvalue weighted by atomic mass is 35.5. The quantitative estimate of drug-likeness (QED) is 0.845. The van der Waals surface area contributed by atoms with Crippen molar-refractivity contribution in [3.05, 3.63) is 23.2 Å². The number of benzene rings is 1. The Morgan fingerprint density at radius 3 is 2.80 bits per heavy atom. The SMILES string of the molecule is CC(C(=O)O)n1nc2ccc(Cl)cc2n1. The monoisotopic (exact) mass is 225 g/mol. The number of hydrogen-bond acceptors (Lipinski definition) is 3. The van der Waals surface area contributed by atoms with Crippen LogP contribution in [0, 0.1) is 0 Å². The molecule has 1 unspecified atom stereocenters. The summed E-state index contributed by atoms with van der Waals surface area (Å²) in [5.41, 5.74) is 1.23. The molecule has 0 radical (unpaired) electrons. The Balaban J connectivity index is 2.51. The molecule has 2 aromatic rings. The number of nitrogens with zero attached hydrogens (tertiary/aromatic N) is 3. The second-order valence-corrected chi connectivity index (χ2v) is 3.60. The van der Waals surface area contributed by atoms with Gasteiger partial charge in [-0.25, -0.2) is 4.79 Å². The summed E-state index contributed by atoms with van der Waals surface area (Å²) in [6.07, 6.45) is 0. The van der Waals surface area contributed by atoms with Crippen LogP contribution in [0.25, 0.3) is 11.0 Å². The number of fused-ring (bicyclic) bond motifs is 1. The second-order valence-electron chi connectivity index (χ2n) is 3.17. The zero-order chi connectivity index (χ0) is 11.0. The molecule has 0 spiro atoms. The Kier molecular flexibility index (Phi) is 2.32. The van der Waals surface area contributed by atoms with Gasteiger partial charge in [-0.05, 0) is 25.1 Å². The number of hydrogen-bond donors (Lipinski definition) is 1. The maximum Gasteiger partial charge on any atom is 0.330 e. The van der Waals surface area contributed by atoms with Crippen LogP contribution in [-0.4, -0.2) is 26.1 Å². The van der Waals surface area contributed by atoms with Crippen LogP contribution in [0.4, 0.5) is 0 Å². The summed E-state index contributed by atoms with van der Waals surface area (Å²) in [5.74, 6) is -0.971. The molecule has 78 valence electrons. The van der Waals surface area contributed by atoms with Crippen LogP contribution in [0.5, 0.6) is 0 Å². The molecule has 0 aliphatic rings. The molecule has 1 aromatic heterocycles. The number of carboxylic acid groups (broad SMARTS) is 1. The van der Waals surface area contributed by atoms with Gasteiger partial charge in [0.1, 0.15) is 11.0 Å². The first-order chi connectivity index (χ1) is 7.08. The van der Waals surface area contributed by atoms with Crippen LogP contribution in [0.3, 0.4) is 0 Å². The molecule has 1 aromatic carbocycles. The molecule has 2 rings (SSSR count). The van der Waals surface area contributed by atoms with E-state index in [-0.39, 0.29) is 0 Å². The predicted molar refractivity (Wildman–Crippen MR) is 54.9 cm³/mol. The third-order valence-corrected chi connectivity index (χ3v) is 2.30. The molecular weight excluding hydrogens is 218 g/mol. The van der Waals surface area contributed by atoms with Crippen molar-refractivity contribution in [3.63, 3.8) is 0 Å². The van der Waals surface area contributed by atoms with E-state index in [1.54, 1.807) is 18.2 Å². The molecule has 5 nitrogen and oxygen atoms in total. The van der Waals surface area contributed by atoms with Crippen LogP contribution in [0.1, 0.15) is 13.0 Å². The number of carbonyl (C=O) groups is 1. The van der Waals surface area contributed by atoms with E-state index in [9.17, 15) is 4.79 Å². The predicted octanol–water partition coefficient (Wildman–Crippen LogP) is 1.73. The van der Waals surface area contributed by atoms with E-state index in [1.807, 2.05) is 0 Å². The smallest absolute Gasteiger partial charge is 0.330 e. The van der Waals surface area contributed by atoms with E-state index in [0.29, 0.717) is 16.1 Å². The number of rotatable bonds is 2. The van der Waals surface area contributed by atoms with Gasteiger partial charge in [0.15, 0.2) is 6.04 Å². The minimum absolute atomic E-state index is 0.553. The fraction of sp³-hybridized carbons (Fsp3) is 0.222. The molecule has 1 atom stereocenters. The van der Waals surface area contributed by atoms with Crippen LogP contribution in [-0.2, 0) is 4.79 Å². The lowest BCUT2D eigenvalue weighted by atomic mass is 10.3. The summed E-state index contributed by atoms with van der Waals surface area (Å²) in [6, 6.07) is 4.26. The van der Waals surface area contributed by atoms with Crippen LogP contribution >= 0.6 is 11.6 Å². The van der Waals surface area contributed by atoms with E-state index in [2.05, 4.69) is 10.2 Å². The Labute approximate surface area is 90.3 Å². The lowest BCUT2D eigenvalue weighted by Gasteiger charge is -2.02. The molecule has 0 amide bonds. The van der Waals surface area contributed by atoms with Crippen LogP contribution in [0.15, 0.2) is 18.2 Å². The van der Waals surface area contributed by atoms with Gasteiger partial charge >= 0.3 is 5.97 Å². The number of halogens is 1. The van der Waals surface area contributed by atoms with E-state index in [1.165, 1.54) is 11.7 Å². The summed E-state index contributed by atoms with van der Waals surface area (Å²) in [5, 5.41) is 17.4. The van der Waals surface area contributed by atoms with Crippen LogP contribution in [0.2, 0.25) is 5.02 Å². The zero-order valence-electron chi connectivity index (χ0n) is 7.88. The lowest BCUT2D eigenvalue weighted by Crippen LogP contribution is -2.17. The van der Waals surface area contributed by atoms with E-state index < -0.39 is 12.0 Å². The van der Waals surface area contributed by atoms with Crippen LogP contribution < -0.4 is 0 Å². The molecule has 1 N–H and O–H groups in total. The third kappa shape index (κ3) is 1.78. The average Bonchev–Trinajstić information content (AvgIpc) is 2.58. The largest absolute Gasteiger partial charge is 0.480 e. The van der Waals surface area contributed by atoms with E-state index in [4.69, 9.17) is 16.7 Å². The minimum Gasteiger partial charge on any atom is -0.480 e. The van der Waals surface area contributed by atoms with Gasteiger partial charge in [-0.1, -0.05) is 11.6 Å². The third-order valence-electron chi connectivity index (χ3n) is 2.06. The normalized spacial score (nSPS) is 12.9. The Hall–Kier alpha value is -1.62. The highest BCUT2D eigenvalue weighted by Crippen LogP contribution is 2.16. The molecule has 1 heterocycles. The van der Waals surface area contributed by atoms with E-state index in [0.717, 1.165) is 0 Å². The topological polar surface area (TPSA) is 68.0 Å². The molecule has 6 heteroatoms. The van der Waals surface area contributed by atoms with Crippen molar-refractivity contribution in [2.75, 3.05) is 0 Å². The van der Waals surface area contributed by atoms with Gasteiger partial charge in [0.05, 0.1) is 0 Å². The van der Waals surface area contributed by atoms with Gasteiger partial charge in [-0.15, -0.1) is 0 Å². The standard InChI is InChI=1S/C9H8ClN3O2/c1-5(9(14)15)13-11-7-3-2-6(10)4-8(7)12-13/h2-5H,1H3,(H,14,15). The van der Waals surface area contributed by atoms with Gasteiger partial charge in [-0.3, -0.25) is 0 Å². The first kappa shape index (κ1) is 9.92. The van der Waals surface area contributed by atoms with Gasteiger partial charge in [0, 0.05) is 5.02 Å². The molecule has 0 saturated carbocycles. The molecule has 0 aliphatic carbocycles. The highest BCUT2D eigenvalue weighted by Gasteiger charge is 2.16. The first-order valence-corrected chi connectivity index (χ1v) is 4.70. The zero-order valence-corrected chi connectivity index (χ0v) is 8.64. The molecule has 0 saturated heterocycles. The second kappa shape index (κ2) is 3.51. The van der Waals surface area contributed by atoms with Crippen molar-refractivity contribution in [2.24, 2.45) is 0 Å². The molecule has 0 fully saturated rings. The summed E-state index contributed by atoms with van der Waals surface area (Å²) in [4.78, 5) is 11.9. The average molecular weight is 226 g/mol. The number of carboxylic acids is 1. The molecule has 15 heavy (non-hydrogen) atoms. The summed E-state index contributed by atoms with van der Waals surface area (Å²) < 4.78 is 0. The van der Waals surface area contributed by atoms with Crippen molar-refractivity contribution in [1.82, 2.24) is 15.0 Å². The maximum atomic E-state index is 10.7. The lowest BCUT2D eigenvalue weighted by molar-refractivity contribution is -0.140. The van der Waals surface area contributed by atoms with Gasteiger partial charge in [0.2, 0.25) is 0 Å². The highest BCUT2D eigenvalue weighted by molar-refractivity contribution is 6.31. The Morgan fingerprint density at radius 2 is 2.13 bits per heavy atom. The van der Waals surface area contributed by atoms with Gasteiger partial charge < -0.3 is 5.11 Å². The Bertz CT molecular complexity index is 523. The van der Waals surface area contributed by atoms with Gasteiger partial charge in [0.25, 0.3) is 0 Å². The summed E-state index contributed by atoms with van der Waals surface area (Å²) in [7, 11) is 0. The van der Waals surface area contributed by atoms with Crippen molar-refractivity contribution in [3.8, 4) is 0 Å². The Morgan fingerprint density at radius 1 is 1.47 bits per heavy atom. The molecule has 0 bridgehead atoms. The van der Waals surface area contributed by atoms with Crippen molar-refractivity contribution < 1.29 is 9.90 Å². The minimum atomic E-state index is -0.971. The van der Waals surface area contributed by atoms with Crippen molar-refractivity contribution >= 4 is 28.6 Å². The molecular formula is C9H8ClN3O2.